The number of hydrogen-bond acceptors (Lipinski definition) is 3. The van der Waals surface area contributed by atoms with E-state index in [2.05, 4.69) is 5.32 Å². The van der Waals surface area contributed by atoms with Gasteiger partial charge in [0.25, 0.3) is 0 Å². The molecule has 0 aromatic carbocycles. The van der Waals surface area contributed by atoms with Crippen molar-refractivity contribution in [1.29, 1.82) is 0 Å². The summed E-state index contributed by atoms with van der Waals surface area (Å²) >= 11 is 0. The van der Waals surface area contributed by atoms with Crippen LogP contribution in [-0.4, -0.2) is 20.7 Å². The highest BCUT2D eigenvalue weighted by Crippen LogP contribution is 2.19. The van der Waals surface area contributed by atoms with Gasteiger partial charge in [-0.25, -0.2) is 0 Å². The number of furan rings is 1. The third-order valence-corrected chi connectivity index (χ3v) is 1.80. The Labute approximate surface area is 72.7 Å². The Balaban J connectivity index is 2.45. The van der Waals surface area contributed by atoms with Crippen molar-refractivity contribution < 1.29 is 9.15 Å². The fourth-order valence-corrected chi connectivity index (χ4v) is 1.13. The first kappa shape index (κ1) is 9.29. The lowest BCUT2D eigenvalue weighted by Crippen LogP contribution is -2.12. The minimum absolute atomic E-state index is 0.0763. The molecule has 1 heterocycles. The number of methoxy groups -OCH3 is 1. The molecule has 0 saturated carbocycles. The Morgan fingerprint density at radius 2 is 2.50 bits per heavy atom. The molecule has 1 aromatic rings. The molecule has 1 rings (SSSR count). The molecule has 0 radical (unpaired) electrons. The highest BCUT2D eigenvalue weighted by Gasteiger charge is 2.11. The second-order valence-corrected chi connectivity index (χ2v) is 2.63. The molecular weight excluding hydrogens is 154 g/mol. The Morgan fingerprint density at radius 3 is 3.00 bits per heavy atom. The van der Waals surface area contributed by atoms with Gasteiger partial charge in [-0.2, -0.15) is 0 Å². The molecule has 3 heteroatoms. The summed E-state index contributed by atoms with van der Waals surface area (Å²) in [7, 11) is 3.62. The summed E-state index contributed by atoms with van der Waals surface area (Å²) in [5.41, 5.74) is 0. The second kappa shape index (κ2) is 4.95. The first-order chi connectivity index (χ1) is 5.88. The van der Waals surface area contributed by atoms with Gasteiger partial charge in [-0.3, -0.25) is 0 Å². The molecule has 3 nitrogen and oxygen atoms in total. The van der Waals surface area contributed by atoms with Crippen molar-refractivity contribution >= 4 is 0 Å². The van der Waals surface area contributed by atoms with Crippen LogP contribution in [0.4, 0.5) is 0 Å². The second-order valence-electron chi connectivity index (χ2n) is 2.63. The van der Waals surface area contributed by atoms with Crippen LogP contribution >= 0.6 is 0 Å². The van der Waals surface area contributed by atoms with Gasteiger partial charge in [0.1, 0.15) is 11.9 Å². The molecule has 0 amide bonds. The monoisotopic (exact) mass is 169 g/mol. The average molecular weight is 169 g/mol. The molecule has 1 N–H and O–H groups in total. The van der Waals surface area contributed by atoms with E-state index in [1.807, 2.05) is 19.2 Å². The highest BCUT2D eigenvalue weighted by molar-refractivity contribution is 5.02. The maximum atomic E-state index is 5.26. The molecule has 0 aliphatic rings. The molecule has 0 aliphatic heterocycles. The van der Waals surface area contributed by atoms with Gasteiger partial charge in [0, 0.05) is 7.11 Å². The van der Waals surface area contributed by atoms with Crippen molar-refractivity contribution in [2.75, 3.05) is 20.7 Å². The van der Waals surface area contributed by atoms with Crippen LogP contribution in [0.2, 0.25) is 0 Å². The SMILES string of the molecule is CNCCC(OC)c1ccco1. The van der Waals surface area contributed by atoms with E-state index in [0.29, 0.717) is 0 Å². The van der Waals surface area contributed by atoms with E-state index in [9.17, 15) is 0 Å². The van der Waals surface area contributed by atoms with Gasteiger partial charge in [0.15, 0.2) is 0 Å². The van der Waals surface area contributed by atoms with Gasteiger partial charge in [-0.1, -0.05) is 0 Å². The summed E-state index contributed by atoms with van der Waals surface area (Å²) < 4.78 is 10.5. The van der Waals surface area contributed by atoms with Crippen LogP contribution in [0, 0.1) is 0 Å². The molecular formula is C9H15NO2. The Bertz CT molecular complexity index is 196. The van der Waals surface area contributed by atoms with Crippen molar-refractivity contribution in [3.63, 3.8) is 0 Å². The van der Waals surface area contributed by atoms with Crippen LogP contribution in [0.3, 0.4) is 0 Å². The average Bonchev–Trinajstić information content (AvgIpc) is 2.59. The van der Waals surface area contributed by atoms with Gasteiger partial charge >= 0.3 is 0 Å². The molecule has 1 atom stereocenters. The van der Waals surface area contributed by atoms with Crippen LogP contribution in [0.1, 0.15) is 18.3 Å². The first-order valence-corrected chi connectivity index (χ1v) is 4.09. The molecule has 0 spiro atoms. The van der Waals surface area contributed by atoms with Gasteiger partial charge in [-0.15, -0.1) is 0 Å². The van der Waals surface area contributed by atoms with Crippen molar-refractivity contribution in [2.24, 2.45) is 0 Å². The highest BCUT2D eigenvalue weighted by atomic mass is 16.5. The summed E-state index contributed by atoms with van der Waals surface area (Å²) in [6.45, 7) is 0.930. The lowest BCUT2D eigenvalue weighted by Gasteiger charge is -2.11. The smallest absolute Gasteiger partial charge is 0.132 e. The van der Waals surface area contributed by atoms with Crippen molar-refractivity contribution in [3.05, 3.63) is 24.2 Å². The Kier molecular flexibility index (Phi) is 3.84. The van der Waals surface area contributed by atoms with Gasteiger partial charge in [0.2, 0.25) is 0 Å². The Hall–Kier alpha value is -0.800. The van der Waals surface area contributed by atoms with E-state index in [0.717, 1.165) is 18.7 Å². The van der Waals surface area contributed by atoms with Crippen LogP contribution in [-0.2, 0) is 4.74 Å². The number of rotatable bonds is 5. The zero-order valence-corrected chi connectivity index (χ0v) is 7.54. The summed E-state index contributed by atoms with van der Waals surface area (Å²) in [5.74, 6) is 0.896. The normalized spacial score (nSPS) is 13.2. The summed E-state index contributed by atoms with van der Waals surface area (Å²) in [6.07, 6.45) is 2.67. The zero-order valence-electron chi connectivity index (χ0n) is 7.54. The van der Waals surface area contributed by atoms with Gasteiger partial charge in [-0.05, 0) is 32.1 Å². The van der Waals surface area contributed by atoms with E-state index >= 15 is 0 Å². The van der Waals surface area contributed by atoms with Crippen molar-refractivity contribution in [1.82, 2.24) is 5.32 Å². The van der Waals surface area contributed by atoms with E-state index in [-0.39, 0.29) is 6.10 Å². The van der Waals surface area contributed by atoms with Crippen LogP contribution < -0.4 is 5.32 Å². The topological polar surface area (TPSA) is 34.4 Å². The predicted octanol–water partition coefficient (Wildman–Crippen LogP) is 1.58. The fraction of sp³-hybridized carbons (Fsp3) is 0.556. The Morgan fingerprint density at radius 1 is 1.67 bits per heavy atom. The summed E-state index contributed by atoms with van der Waals surface area (Å²) in [5, 5.41) is 3.07. The third kappa shape index (κ3) is 2.36. The zero-order chi connectivity index (χ0) is 8.81. The lowest BCUT2D eigenvalue weighted by atomic mass is 10.2. The van der Waals surface area contributed by atoms with E-state index in [4.69, 9.17) is 9.15 Å². The maximum absolute atomic E-state index is 5.26. The predicted molar refractivity (Wildman–Crippen MR) is 47.0 cm³/mol. The molecule has 0 saturated heterocycles. The standard InChI is InChI=1S/C9H15NO2/c1-10-6-5-8(11-2)9-4-3-7-12-9/h3-4,7-8,10H,5-6H2,1-2H3. The third-order valence-electron chi connectivity index (χ3n) is 1.80. The van der Waals surface area contributed by atoms with Crippen LogP contribution in [0.25, 0.3) is 0 Å². The quantitative estimate of drug-likeness (QED) is 0.726. The van der Waals surface area contributed by atoms with E-state index in [1.54, 1.807) is 13.4 Å². The molecule has 68 valence electrons. The minimum atomic E-state index is 0.0763. The summed E-state index contributed by atoms with van der Waals surface area (Å²) in [6, 6.07) is 3.81. The molecule has 1 unspecified atom stereocenters. The van der Waals surface area contributed by atoms with E-state index in [1.165, 1.54) is 0 Å². The lowest BCUT2D eigenvalue weighted by molar-refractivity contribution is 0.0772. The molecule has 0 fully saturated rings. The van der Waals surface area contributed by atoms with Crippen molar-refractivity contribution in [3.8, 4) is 0 Å². The number of nitrogens with one attached hydrogen (secondary N) is 1. The number of hydrogen-bond donors (Lipinski definition) is 1. The minimum Gasteiger partial charge on any atom is -0.467 e. The maximum Gasteiger partial charge on any atom is 0.132 e. The molecule has 0 bridgehead atoms. The molecule has 0 aliphatic carbocycles. The first-order valence-electron chi connectivity index (χ1n) is 4.09. The number of ether oxygens (including phenoxy) is 1. The fourth-order valence-electron chi connectivity index (χ4n) is 1.13. The summed E-state index contributed by atoms with van der Waals surface area (Å²) in [4.78, 5) is 0. The van der Waals surface area contributed by atoms with Gasteiger partial charge < -0.3 is 14.5 Å². The van der Waals surface area contributed by atoms with Crippen LogP contribution in [0.5, 0.6) is 0 Å². The molecule has 12 heavy (non-hydrogen) atoms. The van der Waals surface area contributed by atoms with Crippen LogP contribution in [0.15, 0.2) is 22.8 Å². The van der Waals surface area contributed by atoms with Gasteiger partial charge in [0.05, 0.1) is 6.26 Å². The van der Waals surface area contributed by atoms with Crippen molar-refractivity contribution in [2.45, 2.75) is 12.5 Å². The molecule has 1 aromatic heterocycles. The largest absolute Gasteiger partial charge is 0.467 e. The van der Waals surface area contributed by atoms with E-state index < -0.39 is 0 Å².